The molecule has 4 heterocycles. The number of ether oxygens (including phenoxy) is 2. The van der Waals surface area contributed by atoms with Gasteiger partial charge in [-0.3, -0.25) is 9.59 Å². The summed E-state index contributed by atoms with van der Waals surface area (Å²) in [5.41, 5.74) is 9.83. The largest absolute Gasteiger partial charge is 0.494 e. The Morgan fingerprint density at radius 3 is 2.33 bits per heavy atom. The first-order valence-electron chi connectivity index (χ1n) is 17.5. The predicted octanol–water partition coefficient (Wildman–Crippen LogP) is 5.37. The van der Waals surface area contributed by atoms with Crippen molar-refractivity contribution in [1.82, 2.24) is 23.9 Å². The standard InChI is InChI=1S/C39H38FN7O5/c1-51-34-14-28(38(49)45-21-29(40)15-30(22-45)52-39(42)50)12-31-35(34)47(20-25-17-44(18-25)37(48)26-10-8-23(16-41)9-11-26)36(43-31)33-13-27-4-2-3-5-32(27)46(33)19-24-6-7-24/h2-5,8-14,24-25,29-30H,6-7,15,17-22H2,1H3,(H2,42,50)/t29-,30-/m1/s1. The molecule has 12 nitrogen and oxygen atoms in total. The Balaban J connectivity index is 1.17. The maximum Gasteiger partial charge on any atom is 0.404 e. The quantitative estimate of drug-likeness (QED) is 0.217. The zero-order chi connectivity index (χ0) is 36.1. The van der Waals surface area contributed by atoms with Crippen molar-refractivity contribution < 1.29 is 28.2 Å². The van der Waals surface area contributed by atoms with Gasteiger partial charge in [0.1, 0.15) is 23.5 Å². The Kier molecular flexibility index (Phi) is 8.53. The number of piperidine rings is 1. The molecule has 3 amide bonds. The summed E-state index contributed by atoms with van der Waals surface area (Å²) < 4.78 is 30.2. The SMILES string of the molecule is COc1cc(C(=O)N2C[C@H](F)C[C@@H](OC(N)=O)C2)cc2nc(-c3cc4ccccc4n3CC3CC3)n(CC3CN(C(=O)c4ccc(C#N)cc4)C3)c12. The van der Waals surface area contributed by atoms with E-state index in [1.54, 1.807) is 48.4 Å². The highest BCUT2D eigenvalue weighted by Crippen LogP contribution is 2.39. The number of aromatic nitrogens is 3. The number of rotatable bonds is 9. The number of nitrogens with zero attached hydrogens (tertiary/aromatic N) is 6. The number of fused-ring (bicyclic) bond motifs is 2. The van der Waals surface area contributed by atoms with Crippen molar-refractivity contribution in [2.45, 2.75) is 44.6 Å². The first-order valence-corrected chi connectivity index (χ1v) is 17.5. The summed E-state index contributed by atoms with van der Waals surface area (Å²) in [6, 6.07) is 22.5. The van der Waals surface area contributed by atoms with Crippen molar-refractivity contribution in [3.05, 3.63) is 83.4 Å². The molecule has 0 radical (unpaired) electrons. The van der Waals surface area contributed by atoms with Crippen LogP contribution in [0.25, 0.3) is 33.5 Å². The van der Waals surface area contributed by atoms with Crippen LogP contribution >= 0.6 is 0 Å². The van der Waals surface area contributed by atoms with E-state index in [-0.39, 0.29) is 36.9 Å². The summed E-state index contributed by atoms with van der Waals surface area (Å²) in [6.07, 6.45) is -0.920. The molecule has 2 saturated heterocycles. The third-order valence-corrected chi connectivity index (χ3v) is 10.3. The van der Waals surface area contributed by atoms with E-state index in [9.17, 15) is 18.8 Å². The molecule has 8 rings (SSSR count). The molecule has 2 aliphatic heterocycles. The second-order valence-electron chi connectivity index (χ2n) is 14.1. The van der Waals surface area contributed by atoms with Gasteiger partial charge in [-0.2, -0.15) is 5.26 Å². The topological polar surface area (TPSA) is 149 Å². The Labute approximate surface area is 299 Å². The zero-order valence-electron chi connectivity index (χ0n) is 28.7. The van der Waals surface area contributed by atoms with E-state index < -0.39 is 24.3 Å². The number of hydrogen-bond acceptors (Lipinski definition) is 7. The van der Waals surface area contributed by atoms with Crippen LogP contribution in [-0.2, 0) is 17.8 Å². The molecular weight excluding hydrogens is 665 g/mol. The van der Waals surface area contributed by atoms with Crippen LogP contribution in [0.15, 0.2) is 66.7 Å². The van der Waals surface area contributed by atoms with Gasteiger partial charge in [-0.1, -0.05) is 18.2 Å². The smallest absolute Gasteiger partial charge is 0.404 e. The van der Waals surface area contributed by atoms with Gasteiger partial charge in [-0.25, -0.2) is 14.2 Å². The number of alkyl halides is 1. The Morgan fingerprint density at radius 1 is 0.904 bits per heavy atom. The molecule has 2 aromatic heterocycles. The molecule has 1 saturated carbocycles. The number of hydrogen-bond donors (Lipinski definition) is 1. The first-order chi connectivity index (χ1) is 25.2. The second kappa shape index (κ2) is 13.3. The molecule has 266 valence electrons. The van der Waals surface area contributed by atoms with E-state index >= 15 is 0 Å². The van der Waals surface area contributed by atoms with Crippen LogP contribution in [0.2, 0.25) is 0 Å². The fourth-order valence-corrected chi connectivity index (χ4v) is 7.60. The van der Waals surface area contributed by atoms with E-state index in [1.807, 2.05) is 12.1 Å². The molecule has 0 bridgehead atoms. The molecule has 0 spiro atoms. The lowest BCUT2D eigenvalue weighted by molar-refractivity contribution is 0.0133. The molecule has 13 heteroatoms. The number of carbonyl (C=O) groups is 3. The predicted molar refractivity (Wildman–Crippen MR) is 190 cm³/mol. The fourth-order valence-electron chi connectivity index (χ4n) is 7.60. The van der Waals surface area contributed by atoms with Gasteiger partial charge in [-0.05, 0) is 67.3 Å². The molecule has 52 heavy (non-hydrogen) atoms. The Morgan fingerprint density at radius 2 is 1.62 bits per heavy atom. The lowest BCUT2D eigenvalue weighted by Crippen LogP contribution is -2.51. The summed E-state index contributed by atoms with van der Waals surface area (Å²) in [5.74, 6) is 1.35. The molecular formula is C39H38FN7O5. The van der Waals surface area contributed by atoms with Crippen LogP contribution in [-0.4, -0.2) is 87.4 Å². The van der Waals surface area contributed by atoms with Crippen molar-refractivity contribution in [2.24, 2.45) is 17.6 Å². The van der Waals surface area contributed by atoms with Crippen molar-refractivity contribution in [3.63, 3.8) is 0 Å². The van der Waals surface area contributed by atoms with Crippen molar-refractivity contribution in [1.29, 1.82) is 5.26 Å². The maximum absolute atomic E-state index is 14.7. The first kappa shape index (κ1) is 33.3. The third-order valence-electron chi connectivity index (χ3n) is 10.3. The van der Waals surface area contributed by atoms with Crippen molar-refractivity contribution in [2.75, 3.05) is 33.3 Å². The van der Waals surface area contributed by atoms with Gasteiger partial charge in [0.05, 0.1) is 43.0 Å². The number of amides is 3. The normalized spacial score (nSPS) is 19.0. The number of para-hydroxylation sites is 1. The van der Waals surface area contributed by atoms with Crippen LogP contribution in [0.5, 0.6) is 5.75 Å². The number of halogens is 1. The van der Waals surface area contributed by atoms with E-state index in [1.165, 1.54) is 17.7 Å². The minimum atomic E-state index is -1.38. The Bertz CT molecular complexity index is 2250. The summed E-state index contributed by atoms with van der Waals surface area (Å²) in [5, 5.41) is 10.2. The van der Waals surface area contributed by atoms with Gasteiger partial charge >= 0.3 is 6.09 Å². The number of nitriles is 1. The van der Waals surface area contributed by atoms with E-state index in [0.717, 1.165) is 29.0 Å². The minimum Gasteiger partial charge on any atom is -0.494 e. The highest BCUT2D eigenvalue weighted by molar-refractivity contribution is 6.00. The number of nitrogens with two attached hydrogens (primary N) is 1. The number of primary amides is 1. The highest BCUT2D eigenvalue weighted by atomic mass is 19.1. The number of methoxy groups -OCH3 is 1. The monoisotopic (exact) mass is 703 g/mol. The van der Waals surface area contributed by atoms with E-state index in [0.29, 0.717) is 53.5 Å². The molecule has 2 N–H and O–H groups in total. The van der Waals surface area contributed by atoms with E-state index in [2.05, 4.69) is 33.4 Å². The highest BCUT2D eigenvalue weighted by Gasteiger charge is 2.36. The lowest BCUT2D eigenvalue weighted by atomic mass is 9.98. The van der Waals surface area contributed by atoms with Crippen LogP contribution in [0.1, 0.15) is 45.5 Å². The number of likely N-dealkylation sites (tertiary alicyclic amines) is 2. The molecule has 3 fully saturated rings. The molecule has 1 aliphatic carbocycles. The average Bonchev–Trinajstić information content (AvgIpc) is 3.77. The van der Waals surface area contributed by atoms with Gasteiger partial charge in [-0.15, -0.1) is 0 Å². The number of imidazole rings is 1. The second-order valence-corrected chi connectivity index (χ2v) is 14.1. The zero-order valence-corrected chi connectivity index (χ0v) is 28.7. The molecule has 5 aromatic rings. The fraction of sp³-hybridized carbons (Fsp3) is 0.359. The van der Waals surface area contributed by atoms with Gasteiger partial charge in [0, 0.05) is 60.5 Å². The van der Waals surface area contributed by atoms with Crippen LogP contribution in [0.4, 0.5) is 9.18 Å². The van der Waals surface area contributed by atoms with Gasteiger partial charge in [0.15, 0.2) is 5.82 Å². The molecule has 0 unspecified atom stereocenters. The number of carbonyl (C=O) groups excluding carboxylic acids is 3. The third kappa shape index (κ3) is 6.29. The summed E-state index contributed by atoms with van der Waals surface area (Å²) >= 11 is 0. The minimum absolute atomic E-state index is 0.0167. The van der Waals surface area contributed by atoms with E-state index in [4.69, 9.17) is 25.5 Å². The molecule has 2 atom stereocenters. The molecule has 3 aromatic carbocycles. The van der Waals surface area contributed by atoms with Crippen molar-refractivity contribution in [3.8, 4) is 23.3 Å². The van der Waals surface area contributed by atoms with Gasteiger partial charge in [0.25, 0.3) is 11.8 Å². The summed E-state index contributed by atoms with van der Waals surface area (Å²) in [4.78, 5) is 46.9. The number of benzene rings is 3. The summed E-state index contributed by atoms with van der Waals surface area (Å²) in [7, 11) is 1.54. The van der Waals surface area contributed by atoms with Crippen LogP contribution < -0.4 is 10.5 Å². The van der Waals surface area contributed by atoms with Crippen LogP contribution in [0.3, 0.4) is 0 Å². The maximum atomic E-state index is 14.7. The average molecular weight is 704 g/mol. The Hall–Kier alpha value is -5.90. The summed E-state index contributed by atoms with van der Waals surface area (Å²) in [6.45, 7) is 2.35. The van der Waals surface area contributed by atoms with Gasteiger partial charge in [0.2, 0.25) is 0 Å². The van der Waals surface area contributed by atoms with Gasteiger partial charge < -0.3 is 34.1 Å². The van der Waals surface area contributed by atoms with Crippen LogP contribution in [0, 0.1) is 23.2 Å². The molecule has 3 aliphatic rings. The lowest BCUT2D eigenvalue weighted by Gasteiger charge is -2.40. The van der Waals surface area contributed by atoms with Crippen molar-refractivity contribution >= 4 is 39.8 Å².